The fourth-order valence-corrected chi connectivity index (χ4v) is 5.66. The smallest absolute Gasteiger partial charge is 0.264 e. The normalized spacial score (nSPS) is 11.5. The predicted octanol–water partition coefficient (Wildman–Crippen LogP) is 4.98. The van der Waals surface area contributed by atoms with Gasteiger partial charge in [0.1, 0.15) is 18.1 Å². The van der Waals surface area contributed by atoms with E-state index < -0.39 is 22.5 Å². The molecular formula is C29H29FN4O4S. The summed E-state index contributed by atoms with van der Waals surface area (Å²) in [5.74, 6) is -0.619. The molecule has 0 aliphatic heterocycles. The number of hydrogen-bond acceptors (Lipinski definition) is 5. The molecule has 1 heterocycles. The Balaban J connectivity index is 1.57. The van der Waals surface area contributed by atoms with Crippen molar-refractivity contribution < 1.29 is 22.3 Å². The number of para-hydroxylation sites is 2. The van der Waals surface area contributed by atoms with Gasteiger partial charge in [-0.2, -0.15) is 5.10 Å². The fourth-order valence-electron chi connectivity index (χ4n) is 4.21. The van der Waals surface area contributed by atoms with Crippen molar-refractivity contribution in [2.75, 3.05) is 17.5 Å². The lowest BCUT2D eigenvalue weighted by Crippen LogP contribution is -2.39. The van der Waals surface area contributed by atoms with Crippen LogP contribution >= 0.6 is 0 Å². The molecule has 0 fully saturated rings. The first-order valence-corrected chi connectivity index (χ1v) is 13.7. The average Bonchev–Trinajstić information content (AvgIpc) is 3.21. The molecule has 0 spiro atoms. The monoisotopic (exact) mass is 548 g/mol. The number of halogens is 1. The summed E-state index contributed by atoms with van der Waals surface area (Å²) in [5.41, 5.74) is 5.96. The highest BCUT2D eigenvalue weighted by Crippen LogP contribution is 2.32. The molecule has 39 heavy (non-hydrogen) atoms. The number of amides is 1. The number of carbonyl (C=O) groups is 1. The lowest BCUT2D eigenvalue weighted by atomic mass is 10.2. The number of aryl methyl sites for hydroxylation is 1. The van der Waals surface area contributed by atoms with Crippen LogP contribution in [0.15, 0.2) is 94.9 Å². The van der Waals surface area contributed by atoms with E-state index >= 15 is 0 Å². The number of hydrogen-bond donors (Lipinski definition) is 1. The minimum atomic E-state index is -4.10. The van der Waals surface area contributed by atoms with E-state index in [0.717, 1.165) is 26.9 Å². The second-order valence-electron chi connectivity index (χ2n) is 8.66. The molecule has 202 valence electrons. The lowest BCUT2D eigenvalue weighted by molar-refractivity contribution is -0.119. The van der Waals surface area contributed by atoms with Crippen molar-refractivity contribution in [3.8, 4) is 11.4 Å². The minimum absolute atomic E-state index is 0.0424. The number of nitrogens with one attached hydrogen (secondary N) is 1. The van der Waals surface area contributed by atoms with Gasteiger partial charge >= 0.3 is 0 Å². The van der Waals surface area contributed by atoms with Gasteiger partial charge in [0, 0.05) is 22.6 Å². The van der Waals surface area contributed by atoms with Gasteiger partial charge in [-0.3, -0.25) is 9.10 Å². The molecule has 8 nitrogen and oxygen atoms in total. The van der Waals surface area contributed by atoms with Crippen molar-refractivity contribution in [2.45, 2.75) is 25.7 Å². The highest BCUT2D eigenvalue weighted by molar-refractivity contribution is 7.92. The van der Waals surface area contributed by atoms with Crippen LogP contribution in [0.4, 0.5) is 10.1 Å². The molecule has 1 aromatic heterocycles. The number of nitrogens with zero attached hydrogens (tertiary/aromatic N) is 3. The van der Waals surface area contributed by atoms with Crippen LogP contribution in [0.5, 0.6) is 5.75 Å². The third-order valence-electron chi connectivity index (χ3n) is 6.00. The third-order valence-corrected chi connectivity index (χ3v) is 7.77. The van der Waals surface area contributed by atoms with E-state index in [0.29, 0.717) is 12.4 Å². The number of ether oxygens (including phenoxy) is 1. The molecule has 0 bridgehead atoms. The van der Waals surface area contributed by atoms with Crippen molar-refractivity contribution in [1.82, 2.24) is 9.99 Å². The molecule has 0 saturated heterocycles. The maximum Gasteiger partial charge on any atom is 0.264 e. The number of hydrazone groups is 1. The molecule has 3 aromatic carbocycles. The van der Waals surface area contributed by atoms with Gasteiger partial charge in [-0.25, -0.2) is 18.2 Å². The number of rotatable bonds is 10. The first-order valence-electron chi connectivity index (χ1n) is 12.3. The number of benzene rings is 3. The Morgan fingerprint density at radius 3 is 2.38 bits per heavy atom. The van der Waals surface area contributed by atoms with Crippen LogP contribution in [0, 0.1) is 19.7 Å². The quantitative estimate of drug-likeness (QED) is 0.224. The Morgan fingerprint density at radius 2 is 1.69 bits per heavy atom. The van der Waals surface area contributed by atoms with E-state index in [9.17, 15) is 17.6 Å². The van der Waals surface area contributed by atoms with Crippen molar-refractivity contribution >= 4 is 27.8 Å². The Morgan fingerprint density at radius 1 is 1.03 bits per heavy atom. The van der Waals surface area contributed by atoms with Crippen LogP contribution in [0.2, 0.25) is 0 Å². The third kappa shape index (κ3) is 6.18. The molecule has 4 rings (SSSR count). The van der Waals surface area contributed by atoms with Crippen LogP contribution in [0.25, 0.3) is 5.69 Å². The molecule has 0 aliphatic rings. The zero-order valence-corrected chi connectivity index (χ0v) is 22.7. The summed E-state index contributed by atoms with van der Waals surface area (Å²) >= 11 is 0. The first kappa shape index (κ1) is 27.6. The SMILES string of the molecule is CCOc1ccccc1N(CC(=O)N/N=C\c1cc(C)n(-c2ccc(F)cc2)c1C)S(=O)(=O)c1ccccc1. The van der Waals surface area contributed by atoms with Gasteiger partial charge in [-0.15, -0.1) is 0 Å². The van der Waals surface area contributed by atoms with Crippen LogP contribution in [-0.2, 0) is 14.8 Å². The van der Waals surface area contributed by atoms with Gasteiger partial charge in [0.25, 0.3) is 15.9 Å². The van der Waals surface area contributed by atoms with Crippen LogP contribution in [-0.4, -0.2) is 38.3 Å². The summed E-state index contributed by atoms with van der Waals surface area (Å²) in [4.78, 5) is 13.0. The van der Waals surface area contributed by atoms with E-state index in [1.807, 2.05) is 24.5 Å². The molecule has 0 unspecified atom stereocenters. The summed E-state index contributed by atoms with van der Waals surface area (Å²) in [6.45, 7) is 5.39. The number of sulfonamides is 1. The van der Waals surface area contributed by atoms with Gasteiger partial charge in [0.05, 0.1) is 23.4 Å². The first-order chi connectivity index (χ1) is 18.7. The molecule has 0 aliphatic carbocycles. The Labute approximate surface area is 227 Å². The van der Waals surface area contributed by atoms with Crippen molar-refractivity contribution in [3.63, 3.8) is 0 Å². The Bertz CT molecular complexity index is 1580. The lowest BCUT2D eigenvalue weighted by Gasteiger charge is -2.25. The second kappa shape index (κ2) is 12.0. The predicted molar refractivity (Wildman–Crippen MR) is 150 cm³/mol. The van der Waals surface area contributed by atoms with Gasteiger partial charge in [0.15, 0.2) is 0 Å². The highest BCUT2D eigenvalue weighted by atomic mass is 32.2. The largest absolute Gasteiger partial charge is 0.492 e. The Kier molecular flexibility index (Phi) is 8.46. The Hall–Kier alpha value is -4.44. The summed E-state index contributed by atoms with van der Waals surface area (Å²) in [7, 11) is -4.10. The van der Waals surface area contributed by atoms with Crippen molar-refractivity contribution in [1.29, 1.82) is 0 Å². The van der Waals surface area contributed by atoms with E-state index in [2.05, 4.69) is 10.5 Å². The average molecular weight is 549 g/mol. The highest BCUT2D eigenvalue weighted by Gasteiger charge is 2.29. The zero-order valence-electron chi connectivity index (χ0n) is 21.8. The topological polar surface area (TPSA) is 93.0 Å². The van der Waals surface area contributed by atoms with E-state index in [1.54, 1.807) is 61.5 Å². The molecule has 10 heteroatoms. The van der Waals surface area contributed by atoms with Gasteiger partial charge in [-0.05, 0) is 75.4 Å². The van der Waals surface area contributed by atoms with Gasteiger partial charge < -0.3 is 9.30 Å². The molecular weight excluding hydrogens is 519 g/mol. The maximum atomic E-state index is 13.6. The van der Waals surface area contributed by atoms with E-state index in [4.69, 9.17) is 4.74 Å². The number of carbonyl (C=O) groups excluding carboxylic acids is 1. The summed E-state index contributed by atoms with van der Waals surface area (Å²) in [6.07, 6.45) is 1.49. The van der Waals surface area contributed by atoms with Gasteiger partial charge in [-0.1, -0.05) is 30.3 Å². The molecule has 1 N–H and O–H groups in total. The zero-order chi connectivity index (χ0) is 28.0. The van der Waals surface area contributed by atoms with Crippen molar-refractivity contribution in [2.24, 2.45) is 5.10 Å². The van der Waals surface area contributed by atoms with Crippen LogP contribution in [0.3, 0.4) is 0 Å². The summed E-state index contributed by atoms with van der Waals surface area (Å²) < 4.78 is 49.1. The van der Waals surface area contributed by atoms with E-state index in [-0.39, 0.29) is 16.4 Å². The summed E-state index contributed by atoms with van der Waals surface area (Å²) in [6, 6.07) is 22.6. The maximum absolute atomic E-state index is 13.6. The number of anilines is 1. The standard InChI is InChI=1S/C29H29FN4O4S/c1-4-38-28-13-9-8-12-27(28)33(39(36,37)26-10-6-5-7-11-26)20-29(35)32-31-19-23-18-21(2)34(22(23)3)25-16-14-24(30)15-17-25/h5-19H,4,20H2,1-3H3,(H,32,35)/b31-19-. The molecule has 1 amide bonds. The second-order valence-corrected chi connectivity index (χ2v) is 10.5. The fraction of sp³-hybridized carbons (Fsp3) is 0.172. The van der Waals surface area contributed by atoms with Crippen molar-refractivity contribution in [3.05, 3.63) is 108 Å². The molecule has 0 atom stereocenters. The molecule has 0 saturated carbocycles. The van der Waals surface area contributed by atoms with Crippen LogP contribution < -0.4 is 14.5 Å². The molecule has 0 radical (unpaired) electrons. The van der Waals surface area contributed by atoms with E-state index in [1.165, 1.54) is 30.5 Å². The molecule has 4 aromatic rings. The minimum Gasteiger partial charge on any atom is -0.492 e. The summed E-state index contributed by atoms with van der Waals surface area (Å²) in [5, 5.41) is 4.07. The van der Waals surface area contributed by atoms with Gasteiger partial charge in [0.2, 0.25) is 0 Å². The van der Waals surface area contributed by atoms with Crippen LogP contribution in [0.1, 0.15) is 23.9 Å². The number of aromatic nitrogens is 1.